The molecule has 0 aliphatic heterocycles. The van der Waals surface area contributed by atoms with Crippen LogP contribution in [0.25, 0.3) is 0 Å². The molecular weight excluding hydrogens is 510 g/mol. The summed E-state index contributed by atoms with van der Waals surface area (Å²) in [6.45, 7) is 0.389. The molecule has 3 rings (SSSR count). The average molecular weight is 542 g/mol. The van der Waals surface area contributed by atoms with Gasteiger partial charge < -0.3 is 10.2 Å². The van der Waals surface area contributed by atoms with Gasteiger partial charge in [0.2, 0.25) is 21.8 Å². The summed E-state index contributed by atoms with van der Waals surface area (Å²) < 4.78 is 26.9. The van der Waals surface area contributed by atoms with Gasteiger partial charge in [-0.2, -0.15) is 0 Å². The second-order valence-corrected chi connectivity index (χ2v) is 11.2. The van der Waals surface area contributed by atoms with Crippen LogP contribution in [0, 0.1) is 0 Å². The number of carbonyl (C=O) groups is 2. The van der Waals surface area contributed by atoms with E-state index in [1.807, 2.05) is 42.5 Å². The van der Waals surface area contributed by atoms with Crippen molar-refractivity contribution in [3.63, 3.8) is 0 Å². The van der Waals surface area contributed by atoms with Gasteiger partial charge in [-0.15, -0.1) is 0 Å². The molecule has 0 aromatic heterocycles. The van der Waals surface area contributed by atoms with Crippen LogP contribution in [0.5, 0.6) is 0 Å². The van der Waals surface area contributed by atoms with Crippen molar-refractivity contribution in [2.75, 3.05) is 20.6 Å². The van der Waals surface area contributed by atoms with Crippen molar-refractivity contribution < 1.29 is 18.0 Å². The standard InChI is InChI=1S/C28H32ClN3O4S/c1-30-28(34)26(20-22-10-5-3-6-11-22)32(21-23-15-17-24(29)18-16-23)27(33)14-9-19-31(2)37(35,36)25-12-7-4-8-13-25/h3-8,10-13,15-18,26H,9,14,19-21H2,1-2H3,(H,30,34)/t26-/m1/s1. The van der Waals surface area contributed by atoms with Crippen molar-refractivity contribution in [3.8, 4) is 0 Å². The van der Waals surface area contributed by atoms with E-state index in [2.05, 4.69) is 5.32 Å². The lowest BCUT2D eigenvalue weighted by Crippen LogP contribution is -2.49. The van der Waals surface area contributed by atoms with Crippen LogP contribution in [-0.4, -0.2) is 56.1 Å². The molecule has 0 unspecified atom stereocenters. The highest BCUT2D eigenvalue weighted by Crippen LogP contribution is 2.19. The zero-order chi connectivity index (χ0) is 26.8. The smallest absolute Gasteiger partial charge is 0.242 e. The van der Waals surface area contributed by atoms with Gasteiger partial charge in [0.25, 0.3) is 0 Å². The Hall–Kier alpha value is -3.20. The highest BCUT2D eigenvalue weighted by atomic mass is 35.5. The highest BCUT2D eigenvalue weighted by molar-refractivity contribution is 7.89. The van der Waals surface area contributed by atoms with E-state index in [1.165, 1.54) is 11.4 Å². The fourth-order valence-electron chi connectivity index (χ4n) is 4.00. The Morgan fingerprint density at radius 2 is 1.49 bits per heavy atom. The predicted molar refractivity (Wildman–Crippen MR) is 145 cm³/mol. The summed E-state index contributed by atoms with van der Waals surface area (Å²) in [5.74, 6) is -0.500. The van der Waals surface area contributed by atoms with Gasteiger partial charge in [0, 0.05) is 45.0 Å². The molecule has 0 aliphatic carbocycles. The van der Waals surface area contributed by atoms with Gasteiger partial charge in [0.1, 0.15) is 6.04 Å². The lowest BCUT2D eigenvalue weighted by atomic mass is 10.0. The molecule has 0 saturated carbocycles. The van der Waals surface area contributed by atoms with Gasteiger partial charge in [-0.1, -0.05) is 72.3 Å². The molecular formula is C28H32ClN3O4S. The summed E-state index contributed by atoms with van der Waals surface area (Å²) in [7, 11) is -0.601. The quantitative estimate of drug-likeness (QED) is 0.373. The molecule has 0 heterocycles. The number of sulfonamides is 1. The summed E-state index contributed by atoms with van der Waals surface area (Å²) in [6, 6.07) is 24.1. The van der Waals surface area contributed by atoms with Crippen LogP contribution in [0.3, 0.4) is 0 Å². The van der Waals surface area contributed by atoms with Crippen LogP contribution in [0.2, 0.25) is 5.02 Å². The monoisotopic (exact) mass is 541 g/mol. The fourth-order valence-corrected chi connectivity index (χ4v) is 5.35. The first-order valence-corrected chi connectivity index (χ1v) is 13.8. The number of hydrogen-bond acceptors (Lipinski definition) is 4. The third kappa shape index (κ3) is 7.89. The number of nitrogens with one attached hydrogen (secondary N) is 1. The molecule has 3 aromatic rings. The molecule has 1 N–H and O–H groups in total. The number of benzene rings is 3. The Labute approximate surface area is 224 Å². The molecule has 7 nitrogen and oxygen atoms in total. The number of likely N-dealkylation sites (N-methyl/N-ethyl adjacent to an activating group) is 1. The zero-order valence-electron chi connectivity index (χ0n) is 21.0. The van der Waals surface area contributed by atoms with Crippen molar-refractivity contribution in [2.45, 2.75) is 36.7 Å². The van der Waals surface area contributed by atoms with Crippen LogP contribution in [0.15, 0.2) is 89.8 Å². The molecule has 0 fully saturated rings. The lowest BCUT2D eigenvalue weighted by molar-refractivity contribution is -0.141. The molecule has 0 aliphatic rings. The van der Waals surface area contributed by atoms with E-state index in [1.54, 1.807) is 54.4 Å². The van der Waals surface area contributed by atoms with E-state index >= 15 is 0 Å². The largest absolute Gasteiger partial charge is 0.357 e. The Balaban J connectivity index is 1.77. The van der Waals surface area contributed by atoms with E-state index in [-0.39, 0.29) is 36.2 Å². The van der Waals surface area contributed by atoms with Crippen LogP contribution < -0.4 is 5.32 Å². The predicted octanol–water partition coefficient (Wildman–Crippen LogP) is 4.13. The molecule has 0 radical (unpaired) electrons. The number of amides is 2. The third-order valence-electron chi connectivity index (χ3n) is 6.10. The van der Waals surface area contributed by atoms with E-state index in [4.69, 9.17) is 11.6 Å². The van der Waals surface area contributed by atoms with Gasteiger partial charge in [0.15, 0.2) is 0 Å². The Bertz CT molecular complexity index is 1270. The molecule has 0 bridgehead atoms. The Morgan fingerprint density at radius 1 is 0.892 bits per heavy atom. The van der Waals surface area contributed by atoms with Crippen molar-refractivity contribution in [2.24, 2.45) is 0 Å². The van der Waals surface area contributed by atoms with Crippen LogP contribution in [0.1, 0.15) is 24.0 Å². The first-order valence-electron chi connectivity index (χ1n) is 12.0. The van der Waals surface area contributed by atoms with E-state index < -0.39 is 16.1 Å². The maximum absolute atomic E-state index is 13.5. The molecule has 0 spiro atoms. The maximum Gasteiger partial charge on any atom is 0.242 e. The van der Waals surface area contributed by atoms with E-state index in [0.717, 1.165) is 11.1 Å². The summed E-state index contributed by atoms with van der Waals surface area (Å²) in [4.78, 5) is 28.3. The van der Waals surface area contributed by atoms with Gasteiger partial charge in [0.05, 0.1) is 4.90 Å². The number of halogens is 1. The van der Waals surface area contributed by atoms with Crippen molar-refractivity contribution >= 4 is 33.4 Å². The molecule has 1 atom stereocenters. The number of carbonyl (C=O) groups excluding carboxylic acids is 2. The first kappa shape index (κ1) is 28.4. The fraction of sp³-hybridized carbons (Fsp3) is 0.286. The van der Waals surface area contributed by atoms with Gasteiger partial charge in [-0.05, 0) is 41.8 Å². The molecule has 196 valence electrons. The Morgan fingerprint density at radius 3 is 2.08 bits per heavy atom. The average Bonchev–Trinajstić information content (AvgIpc) is 2.92. The minimum atomic E-state index is -3.65. The SMILES string of the molecule is CNC(=O)[C@@H](Cc1ccccc1)N(Cc1ccc(Cl)cc1)C(=O)CCCN(C)S(=O)(=O)c1ccccc1. The summed E-state index contributed by atoms with van der Waals surface area (Å²) in [5, 5.41) is 3.27. The van der Waals surface area contributed by atoms with Gasteiger partial charge in [-0.25, -0.2) is 12.7 Å². The second-order valence-electron chi connectivity index (χ2n) is 8.71. The van der Waals surface area contributed by atoms with Crippen molar-refractivity contribution in [3.05, 3.63) is 101 Å². The Kier molecular flexibility index (Phi) is 10.3. The number of hydrogen-bond donors (Lipinski definition) is 1. The molecule has 9 heteroatoms. The number of rotatable bonds is 12. The molecule has 3 aromatic carbocycles. The van der Waals surface area contributed by atoms with Crippen molar-refractivity contribution in [1.29, 1.82) is 0 Å². The van der Waals surface area contributed by atoms with Gasteiger partial charge in [-0.3, -0.25) is 9.59 Å². The van der Waals surface area contributed by atoms with Crippen LogP contribution in [0.4, 0.5) is 0 Å². The molecule has 2 amide bonds. The minimum Gasteiger partial charge on any atom is -0.357 e. The van der Waals surface area contributed by atoms with Crippen LogP contribution >= 0.6 is 11.6 Å². The summed E-state index contributed by atoms with van der Waals surface area (Å²) in [6.07, 6.45) is 0.747. The maximum atomic E-state index is 13.5. The topological polar surface area (TPSA) is 86.8 Å². The van der Waals surface area contributed by atoms with Crippen LogP contribution in [-0.2, 0) is 32.6 Å². The zero-order valence-corrected chi connectivity index (χ0v) is 22.6. The van der Waals surface area contributed by atoms with Crippen molar-refractivity contribution in [1.82, 2.24) is 14.5 Å². The van der Waals surface area contributed by atoms with Gasteiger partial charge >= 0.3 is 0 Å². The third-order valence-corrected chi connectivity index (χ3v) is 8.22. The van der Waals surface area contributed by atoms with E-state index in [9.17, 15) is 18.0 Å². The lowest BCUT2D eigenvalue weighted by Gasteiger charge is -2.31. The molecule has 37 heavy (non-hydrogen) atoms. The number of nitrogens with zero attached hydrogens (tertiary/aromatic N) is 2. The summed E-state index contributed by atoms with van der Waals surface area (Å²) >= 11 is 6.03. The minimum absolute atomic E-state index is 0.0878. The molecule has 0 saturated heterocycles. The second kappa shape index (κ2) is 13.4. The normalized spacial score (nSPS) is 12.2. The van der Waals surface area contributed by atoms with E-state index in [0.29, 0.717) is 17.9 Å². The highest BCUT2D eigenvalue weighted by Gasteiger charge is 2.30. The first-order chi connectivity index (χ1) is 17.7. The summed E-state index contributed by atoms with van der Waals surface area (Å²) in [5.41, 5.74) is 1.77.